The molecule has 0 radical (unpaired) electrons. The van der Waals surface area contributed by atoms with E-state index in [0.717, 1.165) is 22.2 Å². The van der Waals surface area contributed by atoms with Crippen LogP contribution in [0.3, 0.4) is 0 Å². The summed E-state index contributed by atoms with van der Waals surface area (Å²) < 4.78 is 0. The Morgan fingerprint density at radius 1 is 1.03 bits per heavy atom. The van der Waals surface area contributed by atoms with E-state index in [0.29, 0.717) is 30.9 Å². The third-order valence-electron chi connectivity index (χ3n) is 5.58. The number of rotatable bonds is 4. The normalized spacial score (nSPS) is 16.1. The van der Waals surface area contributed by atoms with Gasteiger partial charge in [-0.1, -0.05) is 18.2 Å². The minimum absolute atomic E-state index is 0.0632. The monoisotopic (exact) mass is 426 g/mol. The molecule has 1 saturated heterocycles. The molecular formula is C24H22N6O2. The molecule has 3 heterocycles. The van der Waals surface area contributed by atoms with E-state index in [1.54, 1.807) is 29.4 Å². The number of carbonyl (C=O) groups is 2. The van der Waals surface area contributed by atoms with Gasteiger partial charge in [-0.2, -0.15) is 5.10 Å². The number of piperazine rings is 1. The average molecular weight is 426 g/mol. The van der Waals surface area contributed by atoms with Gasteiger partial charge in [-0.25, -0.2) is 0 Å². The maximum absolute atomic E-state index is 13.0. The van der Waals surface area contributed by atoms with Crippen molar-refractivity contribution in [1.82, 2.24) is 25.4 Å². The van der Waals surface area contributed by atoms with Gasteiger partial charge in [0.15, 0.2) is 0 Å². The first-order valence-electron chi connectivity index (χ1n) is 10.5. The van der Waals surface area contributed by atoms with E-state index in [-0.39, 0.29) is 11.8 Å². The van der Waals surface area contributed by atoms with Crippen LogP contribution < -0.4 is 10.6 Å². The predicted molar refractivity (Wildman–Crippen MR) is 122 cm³/mol. The fourth-order valence-corrected chi connectivity index (χ4v) is 3.92. The van der Waals surface area contributed by atoms with Crippen molar-refractivity contribution in [3.63, 3.8) is 0 Å². The van der Waals surface area contributed by atoms with Gasteiger partial charge in [0.05, 0.1) is 5.52 Å². The Balaban J connectivity index is 1.32. The minimum atomic E-state index is -0.490. The molecule has 0 aliphatic carbocycles. The highest BCUT2D eigenvalue weighted by atomic mass is 16.2. The van der Waals surface area contributed by atoms with Crippen LogP contribution in [0.5, 0.6) is 0 Å². The van der Waals surface area contributed by atoms with E-state index in [2.05, 4.69) is 25.8 Å². The number of hydrogen-bond acceptors (Lipinski definition) is 5. The highest BCUT2D eigenvalue weighted by Crippen LogP contribution is 2.28. The third kappa shape index (κ3) is 3.95. The molecule has 5 rings (SSSR count). The van der Waals surface area contributed by atoms with Gasteiger partial charge in [0.1, 0.15) is 11.7 Å². The van der Waals surface area contributed by atoms with Crippen LogP contribution in [-0.2, 0) is 4.79 Å². The van der Waals surface area contributed by atoms with Crippen molar-refractivity contribution in [2.45, 2.75) is 6.04 Å². The third-order valence-corrected chi connectivity index (χ3v) is 5.58. The van der Waals surface area contributed by atoms with E-state index >= 15 is 0 Å². The van der Waals surface area contributed by atoms with Crippen LogP contribution in [0.15, 0.2) is 73.1 Å². The number of nitrogens with zero attached hydrogens (tertiary/aromatic N) is 3. The first-order chi connectivity index (χ1) is 15.7. The number of aromatic nitrogens is 3. The second kappa shape index (κ2) is 8.60. The van der Waals surface area contributed by atoms with E-state index in [1.165, 1.54) is 0 Å². The quantitative estimate of drug-likeness (QED) is 0.466. The van der Waals surface area contributed by atoms with Gasteiger partial charge >= 0.3 is 0 Å². The summed E-state index contributed by atoms with van der Waals surface area (Å²) in [6.45, 7) is 1.44. The molecule has 32 heavy (non-hydrogen) atoms. The smallest absolute Gasteiger partial charge is 0.253 e. The van der Waals surface area contributed by atoms with E-state index in [9.17, 15) is 9.59 Å². The summed E-state index contributed by atoms with van der Waals surface area (Å²) in [6.07, 6.45) is 3.44. The van der Waals surface area contributed by atoms with Gasteiger partial charge in [0, 0.05) is 54.2 Å². The molecule has 1 aliphatic rings. The molecule has 2 aromatic heterocycles. The lowest BCUT2D eigenvalue weighted by molar-refractivity contribution is -0.118. The molecule has 8 nitrogen and oxygen atoms in total. The Bertz CT molecular complexity index is 1260. The summed E-state index contributed by atoms with van der Waals surface area (Å²) in [7, 11) is 0. The highest BCUT2D eigenvalue weighted by Gasteiger charge is 2.28. The summed E-state index contributed by atoms with van der Waals surface area (Å²) in [4.78, 5) is 31.5. The van der Waals surface area contributed by atoms with Crippen LogP contribution in [0.2, 0.25) is 0 Å². The number of pyridine rings is 1. The number of anilines is 1. The van der Waals surface area contributed by atoms with Crippen LogP contribution in [-0.4, -0.2) is 57.6 Å². The van der Waals surface area contributed by atoms with Crippen LogP contribution >= 0.6 is 0 Å². The molecule has 1 aliphatic heterocycles. The van der Waals surface area contributed by atoms with E-state index in [1.807, 2.05) is 48.5 Å². The van der Waals surface area contributed by atoms with Crippen LogP contribution in [0, 0.1) is 0 Å². The molecule has 1 atom stereocenters. The fourth-order valence-electron chi connectivity index (χ4n) is 3.92. The molecule has 0 unspecified atom stereocenters. The molecule has 160 valence electrons. The molecule has 3 N–H and O–H groups in total. The molecular weight excluding hydrogens is 404 g/mol. The Morgan fingerprint density at radius 2 is 1.84 bits per heavy atom. The van der Waals surface area contributed by atoms with Gasteiger partial charge in [0.2, 0.25) is 5.91 Å². The molecule has 4 aromatic rings. The number of H-pyrrole nitrogens is 1. The summed E-state index contributed by atoms with van der Waals surface area (Å²) in [6, 6.07) is 18.1. The molecule has 1 fully saturated rings. The van der Waals surface area contributed by atoms with Gasteiger partial charge in [-0.3, -0.25) is 19.7 Å². The number of amides is 2. The van der Waals surface area contributed by atoms with Crippen molar-refractivity contribution < 1.29 is 9.59 Å². The fraction of sp³-hybridized carbons (Fsp3) is 0.167. The molecule has 2 amide bonds. The lowest BCUT2D eigenvalue weighted by Gasteiger charge is -2.33. The standard InChI is InChI=1S/C24H22N6O2/c31-23(21-15-30(13-12-26-21)24(32)17-4-2-1-3-5-17)27-18-6-7-20-19(14-18)22(29-28-20)16-8-10-25-11-9-16/h1-11,14,21,26H,12-13,15H2,(H,27,31)(H,28,29)/t21-/m0/s1. The van der Waals surface area contributed by atoms with Crippen molar-refractivity contribution in [2.75, 3.05) is 25.0 Å². The summed E-state index contributed by atoms with van der Waals surface area (Å²) in [5, 5.41) is 14.5. The topological polar surface area (TPSA) is 103 Å². The largest absolute Gasteiger partial charge is 0.335 e. The lowest BCUT2D eigenvalue weighted by Crippen LogP contribution is -2.57. The summed E-state index contributed by atoms with van der Waals surface area (Å²) in [5.74, 6) is -0.240. The maximum atomic E-state index is 13.0. The van der Waals surface area contributed by atoms with Crippen LogP contribution in [0.25, 0.3) is 22.2 Å². The zero-order valence-electron chi connectivity index (χ0n) is 17.3. The Labute approximate surface area is 184 Å². The summed E-state index contributed by atoms with van der Waals surface area (Å²) in [5.41, 5.74) is 3.92. The van der Waals surface area contributed by atoms with Gasteiger partial charge in [-0.05, 0) is 42.5 Å². The van der Waals surface area contributed by atoms with Crippen molar-refractivity contribution >= 4 is 28.4 Å². The Kier molecular flexibility index (Phi) is 5.35. The molecule has 2 aromatic carbocycles. The minimum Gasteiger partial charge on any atom is -0.335 e. The zero-order chi connectivity index (χ0) is 21.9. The van der Waals surface area contributed by atoms with Crippen molar-refractivity contribution in [2.24, 2.45) is 0 Å². The van der Waals surface area contributed by atoms with Crippen molar-refractivity contribution in [1.29, 1.82) is 0 Å². The van der Waals surface area contributed by atoms with E-state index < -0.39 is 6.04 Å². The molecule has 8 heteroatoms. The number of carbonyl (C=O) groups excluding carboxylic acids is 2. The van der Waals surface area contributed by atoms with Gasteiger partial charge in [-0.15, -0.1) is 0 Å². The predicted octanol–water partition coefficient (Wildman–Crippen LogP) is 2.68. The van der Waals surface area contributed by atoms with Crippen LogP contribution in [0.4, 0.5) is 5.69 Å². The average Bonchev–Trinajstić information content (AvgIpc) is 3.28. The number of fused-ring (bicyclic) bond motifs is 1. The Morgan fingerprint density at radius 3 is 2.66 bits per heavy atom. The lowest BCUT2D eigenvalue weighted by atomic mass is 10.1. The van der Waals surface area contributed by atoms with Gasteiger partial charge < -0.3 is 15.5 Å². The van der Waals surface area contributed by atoms with Gasteiger partial charge in [0.25, 0.3) is 5.91 Å². The SMILES string of the molecule is O=C(Nc1ccc2[nH]nc(-c3ccncc3)c2c1)[C@@H]1CN(C(=O)c2ccccc2)CCN1. The highest BCUT2D eigenvalue weighted by molar-refractivity contribution is 6.00. The second-order valence-electron chi connectivity index (χ2n) is 7.68. The second-order valence-corrected chi connectivity index (χ2v) is 7.68. The molecule has 0 bridgehead atoms. The van der Waals surface area contributed by atoms with Crippen molar-refractivity contribution in [3.05, 3.63) is 78.6 Å². The zero-order valence-corrected chi connectivity index (χ0v) is 17.3. The number of hydrogen-bond donors (Lipinski definition) is 3. The Hall–Kier alpha value is -4.04. The first kappa shape index (κ1) is 19.9. The van der Waals surface area contributed by atoms with Crippen molar-refractivity contribution in [3.8, 4) is 11.3 Å². The van der Waals surface area contributed by atoms with Crippen LogP contribution in [0.1, 0.15) is 10.4 Å². The number of nitrogens with one attached hydrogen (secondary N) is 3. The van der Waals surface area contributed by atoms with E-state index in [4.69, 9.17) is 0 Å². The molecule has 0 saturated carbocycles. The number of aromatic amines is 1. The first-order valence-corrected chi connectivity index (χ1v) is 10.5. The summed E-state index contributed by atoms with van der Waals surface area (Å²) >= 11 is 0. The number of benzene rings is 2. The maximum Gasteiger partial charge on any atom is 0.253 e. The molecule has 0 spiro atoms.